The molecule has 0 atom stereocenters. The average Bonchev–Trinajstić information content (AvgIpc) is 3.23. The van der Waals surface area contributed by atoms with Crippen LogP contribution >= 0.6 is 35.6 Å². The minimum atomic E-state index is -0.288. The van der Waals surface area contributed by atoms with Gasteiger partial charge in [0.15, 0.2) is 0 Å². The highest BCUT2D eigenvalue weighted by Gasteiger charge is 2.34. The van der Waals surface area contributed by atoms with Gasteiger partial charge in [0.2, 0.25) is 0 Å². The number of aromatic nitrogens is 2. The van der Waals surface area contributed by atoms with Crippen molar-refractivity contribution in [2.45, 2.75) is 13.5 Å². The highest BCUT2D eigenvalue weighted by Crippen LogP contribution is 2.35. The van der Waals surface area contributed by atoms with Crippen LogP contribution in [0, 0.1) is 12.7 Å². The lowest BCUT2D eigenvalue weighted by Crippen LogP contribution is -2.47. The number of nitrogens with zero attached hydrogens (tertiary/aromatic N) is 5. The molecule has 2 aromatic heterocycles. The number of thioether (sulfide) groups is 1. The van der Waals surface area contributed by atoms with Gasteiger partial charge in [-0.1, -0.05) is 72.0 Å². The van der Waals surface area contributed by atoms with Crippen molar-refractivity contribution in [3.05, 3.63) is 110 Å². The number of carbonyl (C=O) groups excluding carboxylic acids is 1. The zero-order chi connectivity index (χ0) is 28.7. The first-order chi connectivity index (χ1) is 19.8. The van der Waals surface area contributed by atoms with Gasteiger partial charge in [0, 0.05) is 37.4 Å². The van der Waals surface area contributed by atoms with E-state index in [0.717, 1.165) is 22.9 Å². The molecule has 1 amide bonds. The number of anilines is 2. The van der Waals surface area contributed by atoms with Crippen LogP contribution in [0.5, 0.6) is 0 Å². The summed E-state index contributed by atoms with van der Waals surface area (Å²) in [7, 11) is 0. The van der Waals surface area contributed by atoms with E-state index in [0.29, 0.717) is 63.1 Å². The fourth-order valence-electron chi connectivity index (χ4n) is 5.10. The van der Waals surface area contributed by atoms with Gasteiger partial charge in [-0.25, -0.2) is 9.37 Å². The predicted molar refractivity (Wildman–Crippen MR) is 167 cm³/mol. The molecule has 11 heteroatoms. The van der Waals surface area contributed by atoms with Gasteiger partial charge in [-0.2, -0.15) is 0 Å². The highest BCUT2D eigenvalue weighted by molar-refractivity contribution is 8.26. The van der Waals surface area contributed by atoms with Crippen LogP contribution in [0.3, 0.4) is 0 Å². The average molecular weight is 606 g/mol. The molecular weight excluding hydrogens is 581 g/mol. The lowest BCUT2D eigenvalue weighted by molar-refractivity contribution is -0.122. The summed E-state index contributed by atoms with van der Waals surface area (Å²) in [6, 6.07) is 17.7. The summed E-state index contributed by atoms with van der Waals surface area (Å²) in [4.78, 5) is 38.2. The second-order valence-electron chi connectivity index (χ2n) is 9.82. The number of benzene rings is 2. The van der Waals surface area contributed by atoms with Gasteiger partial charge >= 0.3 is 0 Å². The Morgan fingerprint density at radius 2 is 1.71 bits per heavy atom. The Morgan fingerprint density at radius 1 is 1.00 bits per heavy atom. The van der Waals surface area contributed by atoms with E-state index in [9.17, 15) is 14.0 Å². The van der Waals surface area contributed by atoms with Crippen LogP contribution in [0.1, 0.15) is 16.7 Å². The number of halogens is 2. The normalized spacial score (nSPS) is 16.9. The molecule has 4 heterocycles. The summed E-state index contributed by atoms with van der Waals surface area (Å²) < 4.78 is 16.3. The van der Waals surface area contributed by atoms with Crippen LogP contribution in [0.2, 0.25) is 5.02 Å². The Kier molecular flexibility index (Phi) is 7.54. The molecule has 0 aliphatic carbocycles. The first-order valence-corrected chi connectivity index (χ1v) is 14.7. The molecule has 7 nitrogen and oxygen atoms in total. The molecule has 0 spiro atoms. The molecule has 0 unspecified atom stereocenters. The maximum Gasteiger partial charge on any atom is 0.267 e. The van der Waals surface area contributed by atoms with Gasteiger partial charge in [-0.15, -0.1) is 0 Å². The summed E-state index contributed by atoms with van der Waals surface area (Å²) >= 11 is 13.0. The summed E-state index contributed by atoms with van der Waals surface area (Å²) in [5.41, 5.74) is 2.77. The van der Waals surface area contributed by atoms with Gasteiger partial charge in [0.1, 0.15) is 21.6 Å². The Morgan fingerprint density at radius 3 is 2.46 bits per heavy atom. The first-order valence-electron chi connectivity index (χ1n) is 13.1. The maximum atomic E-state index is 14.4. The molecule has 4 aromatic rings. The van der Waals surface area contributed by atoms with Crippen LogP contribution < -0.4 is 15.4 Å². The van der Waals surface area contributed by atoms with Crippen molar-refractivity contribution in [3.8, 4) is 0 Å². The molecule has 41 heavy (non-hydrogen) atoms. The van der Waals surface area contributed by atoms with Crippen molar-refractivity contribution in [1.82, 2.24) is 14.3 Å². The number of thiocarbonyl (C=S) groups is 1. The number of amides is 1. The number of hydrogen-bond acceptors (Lipinski definition) is 7. The molecule has 2 aromatic carbocycles. The summed E-state index contributed by atoms with van der Waals surface area (Å²) in [5.74, 6) is -0.0593. The smallest absolute Gasteiger partial charge is 0.267 e. The number of rotatable bonds is 5. The lowest BCUT2D eigenvalue weighted by atomic mass is 10.2. The van der Waals surface area contributed by atoms with Gasteiger partial charge in [-0.05, 0) is 48.4 Å². The van der Waals surface area contributed by atoms with E-state index in [-0.39, 0.29) is 23.8 Å². The number of fused-ring (bicyclic) bond motifs is 1. The van der Waals surface area contributed by atoms with Gasteiger partial charge < -0.3 is 9.80 Å². The van der Waals surface area contributed by atoms with E-state index < -0.39 is 0 Å². The molecule has 0 N–H and O–H groups in total. The van der Waals surface area contributed by atoms with Crippen molar-refractivity contribution >= 4 is 69.0 Å². The van der Waals surface area contributed by atoms with Crippen molar-refractivity contribution < 1.29 is 9.18 Å². The van der Waals surface area contributed by atoms with Crippen LogP contribution in [0.15, 0.2) is 76.6 Å². The second-order valence-corrected chi connectivity index (χ2v) is 11.9. The Bertz CT molecular complexity index is 1780. The summed E-state index contributed by atoms with van der Waals surface area (Å²) in [6.07, 6.45) is 3.28. The SMILES string of the molecule is Cc1cccn2c(=O)c(/C=C3/SC(=S)N(Cc4ccccc4Cl)C3=O)c(N3CCN(c4ccccc4F)CC3)nc12. The number of hydrogen-bond donors (Lipinski definition) is 0. The zero-order valence-corrected chi connectivity index (χ0v) is 24.5. The molecule has 2 aliphatic heterocycles. The van der Waals surface area contributed by atoms with Crippen molar-refractivity contribution in [2.75, 3.05) is 36.0 Å². The molecule has 0 saturated carbocycles. The number of pyridine rings is 1. The molecule has 0 bridgehead atoms. The predicted octanol–water partition coefficient (Wildman–Crippen LogP) is 5.52. The Hall–Kier alpha value is -3.73. The van der Waals surface area contributed by atoms with Gasteiger partial charge in [0.25, 0.3) is 11.5 Å². The third-order valence-electron chi connectivity index (χ3n) is 7.27. The molecule has 0 radical (unpaired) electrons. The number of aryl methyl sites for hydroxylation is 1. The number of carbonyl (C=O) groups is 1. The molecular formula is C30H25ClFN5O2S2. The minimum absolute atomic E-state index is 0.237. The quantitative estimate of drug-likeness (QED) is 0.219. The van der Waals surface area contributed by atoms with Crippen LogP contribution in [-0.2, 0) is 11.3 Å². The fourth-order valence-corrected chi connectivity index (χ4v) is 6.53. The maximum absolute atomic E-state index is 14.4. The van der Waals surface area contributed by atoms with E-state index in [2.05, 4.69) is 0 Å². The number of para-hydroxylation sites is 1. The highest BCUT2D eigenvalue weighted by atomic mass is 35.5. The van der Waals surface area contributed by atoms with Gasteiger partial charge in [0.05, 0.1) is 22.7 Å². The topological polar surface area (TPSA) is 61.2 Å². The van der Waals surface area contributed by atoms with E-state index in [1.165, 1.54) is 15.4 Å². The Labute approximate surface area is 250 Å². The molecule has 6 rings (SSSR count). The molecule has 2 fully saturated rings. The monoisotopic (exact) mass is 605 g/mol. The summed E-state index contributed by atoms with van der Waals surface area (Å²) in [5, 5.41) is 0.551. The summed E-state index contributed by atoms with van der Waals surface area (Å²) in [6.45, 7) is 4.29. The minimum Gasteiger partial charge on any atom is -0.366 e. The standard InChI is InChI=1S/C30H25ClFN5O2S2/c1-19-7-6-12-36-26(19)33-27(35-15-13-34(14-16-35)24-11-5-4-10-23(24)32)21(28(36)38)17-25-29(39)37(30(40)41-25)18-20-8-2-3-9-22(20)31/h2-12,17H,13-16,18H2,1H3/b25-17+. The van der Waals surface area contributed by atoms with E-state index in [1.807, 2.05) is 47.1 Å². The lowest BCUT2D eigenvalue weighted by Gasteiger charge is -2.37. The van der Waals surface area contributed by atoms with Crippen molar-refractivity contribution in [3.63, 3.8) is 0 Å². The third-order valence-corrected chi connectivity index (χ3v) is 9.02. The van der Waals surface area contributed by atoms with Crippen molar-refractivity contribution in [2.24, 2.45) is 0 Å². The largest absolute Gasteiger partial charge is 0.366 e. The first kappa shape index (κ1) is 27.4. The van der Waals surface area contributed by atoms with E-state index >= 15 is 0 Å². The van der Waals surface area contributed by atoms with Crippen molar-refractivity contribution in [1.29, 1.82) is 0 Å². The molecule has 208 valence electrons. The number of piperazine rings is 1. The van der Waals surface area contributed by atoms with E-state index in [4.69, 9.17) is 28.8 Å². The second kappa shape index (κ2) is 11.3. The zero-order valence-electron chi connectivity index (χ0n) is 22.1. The molecule has 2 saturated heterocycles. The van der Waals surface area contributed by atoms with Crippen LogP contribution in [-0.4, -0.2) is 50.7 Å². The third kappa shape index (κ3) is 5.23. The van der Waals surface area contributed by atoms with E-state index in [1.54, 1.807) is 36.5 Å². The molecule has 2 aliphatic rings. The van der Waals surface area contributed by atoms with Crippen LogP contribution in [0.25, 0.3) is 11.7 Å². The van der Waals surface area contributed by atoms with Crippen LogP contribution in [0.4, 0.5) is 15.9 Å². The van der Waals surface area contributed by atoms with Gasteiger partial charge in [-0.3, -0.25) is 18.9 Å². The fraction of sp³-hybridized carbons (Fsp3) is 0.200. The Balaban J connectivity index is 1.36.